The molecule has 3 rings (SSSR count). The van der Waals surface area contributed by atoms with Crippen LogP contribution >= 0.6 is 0 Å². The Bertz CT molecular complexity index is 806. The van der Waals surface area contributed by atoms with Crippen molar-refractivity contribution in [1.82, 2.24) is 15.1 Å². The van der Waals surface area contributed by atoms with Gasteiger partial charge in [0.15, 0.2) is 11.7 Å². The number of hydrogen-bond donors (Lipinski definition) is 2. The Kier molecular flexibility index (Phi) is 5.75. The van der Waals surface area contributed by atoms with E-state index in [1.165, 1.54) is 6.26 Å². The van der Waals surface area contributed by atoms with Crippen LogP contribution in [-0.2, 0) is 6.54 Å². The summed E-state index contributed by atoms with van der Waals surface area (Å²) in [6.07, 6.45) is 1.51. The van der Waals surface area contributed by atoms with E-state index in [4.69, 9.17) is 10.2 Å². The summed E-state index contributed by atoms with van der Waals surface area (Å²) in [6, 6.07) is 10.5. The normalized spacial score (nSPS) is 14.9. The number of amides is 2. The molecule has 0 saturated carbocycles. The molecule has 1 aliphatic heterocycles. The molecule has 0 bridgehead atoms. The Morgan fingerprint density at radius 1 is 1.11 bits per heavy atom. The molecule has 1 aromatic heterocycles. The molecule has 8 nitrogen and oxygen atoms in total. The second-order valence-electron chi connectivity index (χ2n) is 6.22. The highest BCUT2D eigenvalue weighted by Gasteiger charge is 2.25. The zero-order valence-corrected chi connectivity index (χ0v) is 15.2. The van der Waals surface area contributed by atoms with Crippen LogP contribution in [0.4, 0.5) is 0 Å². The molecule has 1 aromatic carbocycles. The lowest BCUT2D eigenvalue weighted by molar-refractivity contribution is 0.0657. The van der Waals surface area contributed by atoms with E-state index in [9.17, 15) is 9.59 Å². The summed E-state index contributed by atoms with van der Waals surface area (Å²) in [5.41, 5.74) is 6.76. The number of carbonyl (C=O) groups is 2. The maximum absolute atomic E-state index is 12.3. The second kappa shape index (κ2) is 8.39. The van der Waals surface area contributed by atoms with E-state index >= 15 is 0 Å². The molecule has 27 heavy (non-hydrogen) atoms. The summed E-state index contributed by atoms with van der Waals surface area (Å²) in [6.45, 7) is 3.16. The molecule has 2 amide bonds. The van der Waals surface area contributed by atoms with Crippen molar-refractivity contribution in [2.75, 3.05) is 33.2 Å². The topological polar surface area (TPSA) is 104 Å². The molecule has 0 aliphatic carbocycles. The van der Waals surface area contributed by atoms with Gasteiger partial charge in [-0.15, -0.1) is 0 Å². The van der Waals surface area contributed by atoms with E-state index in [0.717, 1.165) is 11.5 Å². The Hall–Kier alpha value is -3.29. The molecule has 2 heterocycles. The Morgan fingerprint density at radius 3 is 2.33 bits per heavy atom. The van der Waals surface area contributed by atoms with Crippen LogP contribution in [0.25, 0.3) is 0 Å². The number of nitrogens with zero attached hydrogens (tertiary/aromatic N) is 3. The Balaban J connectivity index is 1.51. The van der Waals surface area contributed by atoms with Crippen LogP contribution in [0.15, 0.2) is 52.1 Å². The summed E-state index contributed by atoms with van der Waals surface area (Å²) in [5.74, 6) is 0.619. The molecule has 0 unspecified atom stereocenters. The Morgan fingerprint density at radius 2 is 1.78 bits per heavy atom. The number of aliphatic imine (C=N–C) groups is 1. The maximum atomic E-state index is 12.3. The minimum atomic E-state index is -0.438. The lowest BCUT2D eigenvalue weighted by Gasteiger charge is -2.36. The van der Waals surface area contributed by atoms with Gasteiger partial charge in [0, 0.05) is 45.3 Å². The third-order valence-corrected chi connectivity index (χ3v) is 4.50. The van der Waals surface area contributed by atoms with Crippen molar-refractivity contribution in [2.45, 2.75) is 6.54 Å². The number of hydrogen-bond acceptors (Lipinski definition) is 4. The fraction of sp³-hybridized carbons (Fsp3) is 0.316. The first-order chi connectivity index (χ1) is 13.1. The molecule has 1 aliphatic rings. The van der Waals surface area contributed by atoms with Crippen LogP contribution in [0.3, 0.4) is 0 Å². The van der Waals surface area contributed by atoms with Crippen molar-refractivity contribution >= 4 is 17.8 Å². The largest absolute Gasteiger partial charge is 0.459 e. The van der Waals surface area contributed by atoms with Crippen LogP contribution in [0.2, 0.25) is 0 Å². The predicted molar refractivity (Wildman–Crippen MR) is 101 cm³/mol. The molecular weight excluding hydrogens is 346 g/mol. The number of piperazine rings is 1. The minimum absolute atomic E-state index is 0.0860. The van der Waals surface area contributed by atoms with E-state index in [2.05, 4.69) is 15.2 Å². The predicted octanol–water partition coefficient (Wildman–Crippen LogP) is 0.912. The van der Waals surface area contributed by atoms with Gasteiger partial charge in [0.05, 0.1) is 6.26 Å². The van der Waals surface area contributed by atoms with Crippen molar-refractivity contribution in [1.29, 1.82) is 0 Å². The van der Waals surface area contributed by atoms with Gasteiger partial charge in [-0.2, -0.15) is 0 Å². The first-order valence-corrected chi connectivity index (χ1v) is 8.75. The fourth-order valence-corrected chi connectivity index (χ4v) is 2.98. The molecule has 8 heteroatoms. The summed E-state index contributed by atoms with van der Waals surface area (Å²) >= 11 is 0. The number of guanidine groups is 1. The second-order valence-corrected chi connectivity index (χ2v) is 6.22. The van der Waals surface area contributed by atoms with Crippen molar-refractivity contribution in [3.05, 3.63) is 59.5 Å². The quantitative estimate of drug-likeness (QED) is 0.616. The summed E-state index contributed by atoms with van der Waals surface area (Å²) in [7, 11) is 1.74. The van der Waals surface area contributed by atoms with Gasteiger partial charge in [-0.05, 0) is 29.8 Å². The van der Waals surface area contributed by atoms with Crippen molar-refractivity contribution in [3.8, 4) is 0 Å². The van der Waals surface area contributed by atoms with Gasteiger partial charge in [0.2, 0.25) is 5.91 Å². The molecule has 2 aromatic rings. The van der Waals surface area contributed by atoms with Crippen molar-refractivity contribution in [3.63, 3.8) is 0 Å². The number of nitrogens with two attached hydrogens (primary N) is 1. The number of primary amides is 1. The Labute approximate surface area is 157 Å². The standard InChI is InChI=1S/C19H23N5O3/c1-21-19(22-13-14-4-6-15(7-5-14)17(20)25)24-10-8-23(9-11-24)18(26)16-3-2-12-27-16/h2-7,12H,8-11,13H2,1H3,(H2,20,25)(H,21,22). The fourth-order valence-electron chi connectivity index (χ4n) is 2.98. The van der Waals surface area contributed by atoms with Gasteiger partial charge in [0.25, 0.3) is 5.91 Å². The monoisotopic (exact) mass is 369 g/mol. The van der Waals surface area contributed by atoms with E-state index < -0.39 is 5.91 Å². The van der Waals surface area contributed by atoms with Crippen LogP contribution in [-0.4, -0.2) is 60.8 Å². The summed E-state index contributed by atoms with van der Waals surface area (Å²) < 4.78 is 5.18. The zero-order chi connectivity index (χ0) is 19.2. The van der Waals surface area contributed by atoms with Gasteiger partial charge in [-0.3, -0.25) is 14.6 Å². The van der Waals surface area contributed by atoms with E-state index in [1.54, 1.807) is 36.2 Å². The molecule has 3 N–H and O–H groups in total. The van der Waals surface area contributed by atoms with Crippen LogP contribution in [0, 0.1) is 0 Å². The van der Waals surface area contributed by atoms with Gasteiger partial charge < -0.3 is 25.3 Å². The molecule has 142 valence electrons. The molecule has 0 spiro atoms. The maximum Gasteiger partial charge on any atom is 0.289 e. The first kappa shape index (κ1) is 18.5. The average Bonchev–Trinajstić information content (AvgIpc) is 3.23. The van der Waals surface area contributed by atoms with E-state index in [1.807, 2.05) is 12.1 Å². The highest BCUT2D eigenvalue weighted by Crippen LogP contribution is 2.10. The summed E-state index contributed by atoms with van der Waals surface area (Å²) in [4.78, 5) is 31.7. The average molecular weight is 369 g/mol. The SMILES string of the molecule is CN=C(NCc1ccc(C(N)=O)cc1)N1CCN(C(=O)c2ccco2)CC1. The number of rotatable bonds is 4. The van der Waals surface area contributed by atoms with Gasteiger partial charge in [-0.1, -0.05) is 12.1 Å². The molecular formula is C19H23N5O3. The third-order valence-electron chi connectivity index (χ3n) is 4.50. The summed E-state index contributed by atoms with van der Waals surface area (Å²) in [5, 5.41) is 3.31. The molecule has 1 saturated heterocycles. The molecule has 0 atom stereocenters. The minimum Gasteiger partial charge on any atom is -0.459 e. The smallest absolute Gasteiger partial charge is 0.289 e. The third kappa shape index (κ3) is 4.46. The van der Waals surface area contributed by atoms with Gasteiger partial charge in [0.1, 0.15) is 0 Å². The van der Waals surface area contributed by atoms with Crippen LogP contribution < -0.4 is 11.1 Å². The van der Waals surface area contributed by atoms with Crippen LogP contribution in [0.5, 0.6) is 0 Å². The van der Waals surface area contributed by atoms with Crippen molar-refractivity contribution < 1.29 is 14.0 Å². The number of carbonyl (C=O) groups excluding carboxylic acids is 2. The van der Waals surface area contributed by atoms with Crippen LogP contribution in [0.1, 0.15) is 26.5 Å². The lowest BCUT2D eigenvalue weighted by Crippen LogP contribution is -2.53. The zero-order valence-electron chi connectivity index (χ0n) is 15.2. The highest BCUT2D eigenvalue weighted by molar-refractivity contribution is 5.93. The number of furan rings is 1. The van der Waals surface area contributed by atoms with Crippen molar-refractivity contribution in [2.24, 2.45) is 10.7 Å². The lowest BCUT2D eigenvalue weighted by atomic mass is 10.1. The first-order valence-electron chi connectivity index (χ1n) is 8.75. The van der Waals surface area contributed by atoms with Gasteiger partial charge in [-0.25, -0.2) is 0 Å². The van der Waals surface area contributed by atoms with E-state index in [-0.39, 0.29) is 5.91 Å². The van der Waals surface area contributed by atoms with E-state index in [0.29, 0.717) is 44.0 Å². The molecule has 1 fully saturated rings. The number of nitrogens with one attached hydrogen (secondary N) is 1. The number of benzene rings is 1. The van der Waals surface area contributed by atoms with Gasteiger partial charge >= 0.3 is 0 Å². The highest BCUT2D eigenvalue weighted by atomic mass is 16.3. The molecule has 0 radical (unpaired) electrons.